The summed E-state index contributed by atoms with van der Waals surface area (Å²) in [6, 6.07) is 3.35. The van der Waals surface area contributed by atoms with E-state index >= 15 is 0 Å². The monoisotopic (exact) mass is 338 g/mol. The van der Waals surface area contributed by atoms with Crippen LogP contribution in [0.2, 0.25) is 10.0 Å². The number of hydrogen-bond donors (Lipinski definition) is 2. The Morgan fingerprint density at radius 2 is 1.76 bits per heavy atom. The lowest BCUT2D eigenvalue weighted by Gasteiger charge is -2.23. The minimum Gasteiger partial charge on any atom is -0.322 e. The number of rotatable bonds is 3. The molecule has 6 heteroatoms. The van der Waals surface area contributed by atoms with Gasteiger partial charge in [-0.2, -0.15) is 0 Å². The molecule has 94 valence electrons. The molecule has 0 saturated carbocycles. The number of nitrogens with one attached hydrogen (secondary N) is 2. The Balaban J connectivity index is 3.01. The summed E-state index contributed by atoms with van der Waals surface area (Å²) < 4.78 is 0.762. The number of carbonyl (C=O) groups is 1. The van der Waals surface area contributed by atoms with E-state index in [1.807, 2.05) is 0 Å². The number of amides is 1. The minimum atomic E-state index is -0.695. The third-order valence-corrected chi connectivity index (χ3v) is 3.49. The first-order valence-corrected chi connectivity index (χ1v) is 6.47. The van der Waals surface area contributed by atoms with E-state index in [4.69, 9.17) is 23.2 Å². The molecule has 0 radical (unpaired) electrons. The molecule has 0 spiro atoms. The van der Waals surface area contributed by atoms with Crippen LogP contribution in [0.1, 0.15) is 13.8 Å². The van der Waals surface area contributed by atoms with Crippen molar-refractivity contribution in [3.63, 3.8) is 0 Å². The van der Waals surface area contributed by atoms with Gasteiger partial charge in [0, 0.05) is 4.47 Å². The van der Waals surface area contributed by atoms with Gasteiger partial charge >= 0.3 is 0 Å². The summed E-state index contributed by atoms with van der Waals surface area (Å²) in [5, 5.41) is 6.40. The largest absolute Gasteiger partial charge is 0.322 e. The fourth-order valence-electron chi connectivity index (χ4n) is 1.04. The molecule has 0 aromatic heterocycles. The second-order valence-electron chi connectivity index (χ2n) is 4.07. The quantitative estimate of drug-likeness (QED) is 0.881. The van der Waals surface area contributed by atoms with Crippen molar-refractivity contribution in [2.45, 2.75) is 19.4 Å². The topological polar surface area (TPSA) is 41.1 Å². The van der Waals surface area contributed by atoms with Crippen molar-refractivity contribution in [1.29, 1.82) is 0 Å². The third kappa shape index (κ3) is 3.58. The van der Waals surface area contributed by atoms with Crippen LogP contribution < -0.4 is 10.6 Å². The fourth-order valence-corrected chi connectivity index (χ4v) is 2.35. The Morgan fingerprint density at radius 1 is 1.29 bits per heavy atom. The van der Waals surface area contributed by atoms with Gasteiger partial charge in [0.05, 0.1) is 21.3 Å². The molecule has 0 saturated heterocycles. The van der Waals surface area contributed by atoms with Crippen molar-refractivity contribution in [3.05, 3.63) is 26.7 Å². The molecule has 0 heterocycles. The highest BCUT2D eigenvalue weighted by Crippen LogP contribution is 2.34. The van der Waals surface area contributed by atoms with Crippen LogP contribution in [0.15, 0.2) is 16.6 Å². The van der Waals surface area contributed by atoms with Crippen LogP contribution in [0.4, 0.5) is 5.69 Å². The van der Waals surface area contributed by atoms with E-state index in [1.165, 1.54) is 0 Å². The van der Waals surface area contributed by atoms with E-state index in [0.29, 0.717) is 15.7 Å². The third-order valence-electron chi connectivity index (χ3n) is 2.44. The maximum absolute atomic E-state index is 12.0. The Hall–Kier alpha value is -0.290. The van der Waals surface area contributed by atoms with E-state index in [0.717, 1.165) is 4.47 Å². The summed E-state index contributed by atoms with van der Waals surface area (Å²) in [6.45, 7) is 3.53. The van der Waals surface area contributed by atoms with Gasteiger partial charge in [-0.15, -0.1) is 0 Å². The Bertz CT molecular complexity index is 426. The number of hydrogen-bond acceptors (Lipinski definition) is 2. The molecule has 0 fully saturated rings. The molecule has 0 aliphatic rings. The van der Waals surface area contributed by atoms with Crippen molar-refractivity contribution in [1.82, 2.24) is 5.32 Å². The van der Waals surface area contributed by atoms with Crippen LogP contribution in [0.25, 0.3) is 0 Å². The van der Waals surface area contributed by atoms with Crippen LogP contribution in [0.5, 0.6) is 0 Å². The van der Waals surface area contributed by atoms with Crippen LogP contribution in [-0.2, 0) is 4.79 Å². The van der Waals surface area contributed by atoms with Crippen LogP contribution in [0, 0.1) is 0 Å². The van der Waals surface area contributed by atoms with Crippen LogP contribution in [0.3, 0.4) is 0 Å². The molecule has 1 aromatic carbocycles. The molecule has 0 aliphatic heterocycles. The molecule has 2 N–H and O–H groups in total. The summed E-state index contributed by atoms with van der Waals surface area (Å²) in [5.41, 5.74) is -0.274. The first kappa shape index (κ1) is 14.8. The van der Waals surface area contributed by atoms with Gasteiger partial charge < -0.3 is 10.6 Å². The molecular weight excluding hydrogens is 327 g/mol. The first-order valence-electron chi connectivity index (χ1n) is 4.93. The maximum atomic E-state index is 12.0. The van der Waals surface area contributed by atoms with Crippen LogP contribution in [-0.4, -0.2) is 18.5 Å². The van der Waals surface area contributed by atoms with Crippen LogP contribution >= 0.6 is 39.1 Å². The van der Waals surface area contributed by atoms with Gasteiger partial charge in [0.15, 0.2) is 0 Å². The SMILES string of the molecule is CNC(C)(C)C(=O)Nc1c(Cl)cc(Br)cc1Cl. The molecule has 1 amide bonds. The van der Waals surface area contributed by atoms with Crippen molar-refractivity contribution in [2.24, 2.45) is 0 Å². The lowest BCUT2D eigenvalue weighted by Crippen LogP contribution is -2.48. The first-order chi connectivity index (χ1) is 7.77. The van der Waals surface area contributed by atoms with E-state index < -0.39 is 5.54 Å². The number of likely N-dealkylation sites (N-methyl/N-ethyl adjacent to an activating group) is 1. The molecule has 0 aliphatic carbocycles. The molecule has 1 rings (SSSR count). The number of anilines is 1. The van der Waals surface area contributed by atoms with Gasteiger partial charge in [-0.1, -0.05) is 39.1 Å². The maximum Gasteiger partial charge on any atom is 0.244 e. The predicted octanol–water partition coefficient (Wildman–Crippen LogP) is 3.69. The number of benzene rings is 1. The highest BCUT2D eigenvalue weighted by atomic mass is 79.9. The predicted molar refractivity (Wildman–Crippen MR) is 75.9 cm³/mol. The Kier molecular flexibility index (Phi) is 4.84. The normalized spacial score (nSPS) is 11.4. The van der Waals surface area contributed by atoms with Gasteiger partial charge in [0.1, 0.15) is 0 Å². The second-order valence-corrected chi connectivity index (χ2v) is 5.80. The van der Waals surface area contributed by atoms with Gasteiger partial charge in [0.25, 0.3) is 0 Å². The van der Waals surface area contributed by atoms with E-state index in [9.17, 15) is 4.79 Å². The zero-order valence-electron chi connectivity index (χ0n) is 9.70. The Labute approximate surface area is 119 Å². The lowest BCUT2D eigenvalue weighted by molar-refractivity contribution is -0.121. The number of carbonyl (C=O) groups excluding carboxylic acids is 1. The minimum absolute atomic E-state index is 0.203. The van der Waals surface area contributed by atoms with Gasteiger partial charge in [-0.3, -0.25) is 4.79 Å². The molecule has 0 atom stereocenters. The zero-order valence-corrected chi connectivity index (χ0v) is 12.8. The van der Waals surface area contributed by atoms with E-state index in [1.54, 1.807) is 33.0 Å². The van der Waals surface area contributed by atoms with Crippen molar-refractivity contribution in [2.75, 3.05) is 12.4 Å². The zero-order chi connectivity index (χ0) is 13.2. The molecular formula is C11H13BrCl2N2O. The second kappa shape index (κ2) is 5.57. The molecule has 0 bridgehead atoms. The molecule has 0 unspecified atom stereocenters. The summed E-state index contributed by atoms with van der Waals surface area (Å²) in [6.07, 6.45) is 0. The van der Waals surface area contributed by atoms with Gasteiger partial charge in [-0.05, 0) is 33.0 Å². The van der Waals surface area contributed by atoms with Crippen molar-refractivity contribution < 1.29 is 4.79 Å². The fraction of sp³-hybridized carbons (Fsp3) is 0.364. The van der Waals surface area contributed by atoms with E-state index in [-0.39, 0.29) is 5.91 Å². The summed E-state index contributed by atoms with van der Waals surface area (Å²) in [5.74, 6) is -0.203. The smallest absolute Gasteiger partial charge is 0.244 e. The summed E-state index contributed by atoms with van der Waals surface area (Å²) in [4.78, 5) is 12.0. The van der Waals surface area contributed by atoms with Crippen molar-refractivity contribution in [3.8, 4) is 0 Å². The lowest BCUT2D eigenvalue weighted by atomic mass is 10.1. The standard InChI is InChI=1S/C11H13BrCl2N2O/c1-11(2,15-3)10(17)16-9-7(13)4-6(12)5-8(9)14/h4-5,15H,1-3H3,(H,16,17). The molecule has 1 aromatic rings. The molecule has 3 nitrogen and oxygen atoms in total. The average molecular weight is 340 g/mol. The van der Waals surface area contributed by atoms with Crippen molar-refractivity contribution >= 4 is 50.7 Å². The average Bonchev–Trinajstić information content (AvgIpc) is 2.22. The van der Waals surface area contributed by atoms with Gasteiger partial charge in [0.2, 0.25) is 5.91 Å². The Morgan fingerprint density at radius 3 is 2.18 bits per heavy atom. The number of halogens is 3. The summed E-state index contributed by atoms with van der Waals surface area (Å²) in [7, 11) is 1.71. The highest BCUT2D eigenvalue weighted by Gasteiger charge is 2.26. The highest BCUT2D eigenvalue weighted by molar-refractivity contribution is 9.10. The summed E-state index contributed by atoms with van der Waals surface area (Å²) >= 11 is 15.3. The molecule has 17 heavy (non-hydrogen) atoms. The van der Waals surface area contributed by atoms with Gasteiger partial charge in [-0.25, -0.2) is 0 Å². The van der Waals surface area contributed by atoms with E-state index in [2.05, 4.69) is 26.6 Å².